The summed E-state index contributed by atoms with van der Waals surface area (Å²) in [6, 6.07) is 7.39. The van der Waals surface area contributed by atoms with Crippen molar-refractivity contribution in [1.82, 2.24) is 0 Å². The number of benzene rings is 1. The van der Waals surface area contributed by atoms with Crippen LogP contribution in [0.2, 0.25) is 0 Å². The lowest BCUT2D eigenvalue weighted by atomic mass is 9.79. The van der Waals surface area contributed by atoms with Gasteiger partial charge < -0.3 is 14.8 Å². The maximum absolute atomic E-state index is 12.7. The largest absolute Gasteiger partial charge is 0.492 e. The molecular weight excluding hydrogens is 282 g/mol. The first kappa shape index (κ1) is 13.6. The zero-order valence-electron chi connectivity index (χ0n) is 12.5. The van der Waals surface area contributed by atoms with Crippen LogP contribution in [0.15, 0.2) is 24.3 Å². The van der Waals surface area contributed by atoms with E-state index in [-0.39, 0.29) is 41.7 Å². The molecule has 0 radical (unpaired) electrons. The Morgan fingerprint density at radius 2 is 2.18 bits per heavy atom. The zero-order valence-corrected chi connectivity index (χ0v) is 12.5. The molecule has 5 atom stereocenters. The van der Waals surface area contributed by atoms with Crippen LogP contribution < -0.4 is 10.1 Å². The molecule has 22 heavy (non-hydrogen) atoms. The van der Waals surface area contributed by atoms with E-state index in [0.717, 1.165) is 12.8 Å². The average Bonchev–Trinajstić information content (AvgIpc) is 3.11. The van der Waals surface area contributed by atoms with Gasteiger partial charge in [-0.05, 0) is 37.8 Å². The lowest BCUT2D eigenvalue weighted by Crippen LogP contribution is -2.35. The molecule has 1 heterocycles. The van der Waals surface area contributed by atoms with Crippen LogP contribution in [0.4, 0.5) is 5.69 Å². The predicted octanol–water partition coefficient (Wildman–Crippen LogP) is 2.22. The second-order valence-corrected chi connectivity index (χ2v) is 6.34. The monoisotopic (exact) mass is 301 g/mol. The minimum Gasteiger partial charge on any atom is -0.492 e. The van der Waals surface area contributed by atoms with Gasteiger partial charge in [-0.25, -0.2) is 0 Å². The Balaban J connectivity index is 1.55. The van der Waals surface area contributed by atoms with Crippen LogP contribution in [0, 0.1) is 23.7 Å². The van der Waals surface area contributed by atoms with Gasteiger partial charge in [-0.3, -0.25) is 9.59 Å². The molecular formula is C17H19NO4. The van der Waals surface area contributed by atoms with Gasteiger partial charge in [0.05, 0.1) is 24.1 Å². The number of carbonyl (C=O) groups is 2. The van der Waals surface area contributed by atoms with Crippen molar-refractivity contribution >= 4 is 17.6 Å². The molecule has 0 unspecified atom stereocenters. The second kappa shape index (κ2) is 5.00. The summed E-state index contributed by atoms with van der Waals surface area (Å²) in [4.78, 5) is 24.7. The molecule has 3 aliphatic rings. The second-order valence-electron chi connectivity index (χ2n) is 6.34. The summed E-state index contributed by atoms with van der Waals surface area (Å²) in [5.74, 6) is 0.401. The lowest BCUT2D eigenvalue weighted by molar-refractivity contribution is -0.145. The van der Waals surface area contributed by atoms with Gasteiger partial charge in [0.25, 0.3) is 0 Å². The highest BCUT2D eigenvalue weighted by molar-refractivity contribution is 5.97. The van der Waals surface area contributed by atoms with E-state index < -0.39 is 0 Å². The minimum absolute atomic E-state index is 0.0576. The predicted molar refractivity (Wildman–Crippen MR) is 79.3 cm³/mol. The average molecular weight is 301 g/mol. The van der Waals surface area contributed by atoms with E-state index in [0.29, 0.717) is 18.0 Å². The van der Waals surface area contributed by atoms with E-state index in [1.54, 1.807) is 0 Å². The van der Waals surface area contributed by atoms with Crippen molar-refractivity contribution in [2.24, 2.45) is 23.7 Å². The van der Waals surface area contributed by atoms with Gasteiger partial charge in [0.2, 0.25) is 5.91 Å². The molecule has 1 aliphatic heterocycles. The highest BCUT2D eigenvalue weighted by Gasteiger charge is 2.63. The molecule has 1 aromatic rings. The van der Waals surface area contributed by atoms with Crippen molar-refractivity contribution in [2.45, 2.75) is 25.9 Å². The van der Waals surface area contributed by atoms with Crippen LogP contribution in [-0.2, 0) is 14.3 Å². The van der Waals surface area contributed by atoms with Crippen LogP contribution in [-0.4, -0.2) is 24.6 Å². The molecule has 0 spiro atoms. The Kier molecular flexibility index (Phi) is 3.10. The summed E-state index contributed by atoms with van der Waals surface area (Å²) in [6.45, 7) is 2.45. The molecule has 5 nitrogen and oxygen atoms in total. The first-order chi connectivity index (χ1) is 10.7. The third-order valence-electron chi connectivity index (χ3n) is 5.23. The van der Waals surface area contributed by atoms with E-state index >= 15 is 0 Å². The fourth-order valence-corrected chi connectivity index (χ4v) is 4.43. The number of fused-ring (bicyclic) bond motifs is 1. The van der Waals surface area contributed by atoms with Gasteiger partial charge in [-0.15, -0.1) is 0 Å². The van der Waals surface area contributed by atoms with E-state index in [2.05, 4.69) is 5.32 Å². The first-order valence-electron chi connectivity index (χ1n) is 7.92. The number of carbonyl (C=O) groups excluding carboxylic acids is 2. The fraction of sp³-hybridized carbons (Fsp3) is 0.529. The Hall–Kier alpha value is -2.04. The molecule has 2 bridgehead atoms. The summed E-state index contributed by atoms with van der Waals surface area (Å²) in [6.07, 6.45) is 1.83. The number of esters is 1. The van der Waals surface area contributed by atoms with Gasteiger partial charge in [0.1, 0.15) is 11.9 Å². The molecule has 116 valence electrons. The first-order valence-corrected chi connectivity index (χ1v) is 7.92. The fourth-order valence-electron chi connectivity index (χ4n) is 4.43. The summed E-state index contributed by atoms with van der Waals surface area (Å²) in [5, 5.41) is 2.95. The summed E-state index contributed by atoms with van der Waals surface area (Å²) in [7, 11) is 0. The topological polar surface area (TPSA) is 64.6 Å². The molecule has 2 saturated carbocycles. The van der Waals surface area contributed by atoms with Crippen LogP contribution in [0.5, 0.6) is 5.75 Å². The van der Waals surface area contributed by atoms with Crippen LogP contribution in [0.25, 0.3) is 0 Å². The number of rotatable bonds is 4. The summed E-state index contributed by atoms with van der Waals surface area (Å²) < 4.78 is 10.9. The third kappa shape index (κ3) is 1.91. The number of anilines is 1. The van der Waals surface area contributed by atoms with Crippen molar-refractivity contribution in [3.05, 3.63) is 24.3 Å². The number of hydrogen-bond donors (Lipinski definition) is 1. The van der Waals surface area contributed by atoms with Gasteiger partial charge in [-0.2, -0.15) is 0 Å². The van der Waals surface area contributed by atoms with Gasteiger partial charge in [0.15, 0.2) is 0 Å². The molecule has 1 N–H and O–H groups in total. The number of amides is 1. The SMILES string of the molecule is CCOc1ccccc1NC(=O)[C@@H]1[C@@H]2C[C@@H]3[C@H]1C(=O)O[C@@H]3C2. The van der Waals surface area contributed by atoms with E-state index in [1.807, 2.05) is 31.2 Å². The third-order valence-corrected chi connectivity index (χ3v) is 5.23. The molecule has 4 rings (SSSR count). The number of ether oxygens (including phenoxy) is 2. The molecule has 1 amide bonds. The molecule has 0 aromatic heterocycles. The van der Waals surface area contributed by atoms with Crippen molar-refractivity contribution < 1.29 is 19.1 Å². The Bertz CT molecular complexity index is 627. The standard InChI is InChI=1S/C17H19NO4/c1-2-21-12-6-4-3-5-11(12)18-16(19)14-9-7-10-13(8-9)22-17(20)15(10)14/h3-6,9-10,13-15H,2,7-8H2,1H3,(H,18,19)/t9-,10+,13-,14-,15-/m1/s1. The van der Waals surface area contributed by atoms with E-state index in [9.17, 15) is 9.59 Å². The summed E-state index contributed by atoms with van der Waals surface area (Å²) >= 11 is 0. The van der Waals surface area contributed by atoms with Crippen LogP contribution in [0.3, 0.4) is 0 Å². The molecule has 1 aromatic carbocycles. The maximum Gasteiger partial charge on any atom is 0.310 e. The number of para-hydroxylation sites is 2. The smallest absolute Gasteiger partial charge is 0.310 e. The highest BCUT2D eigenvalue weighted by Crippen LogP contribution is 2.57. The molecule has 5 heteroatoms. The number of nitrogens with one attached hydrogen (secondary N) is 1. The van der Waals surface area contributed by atoms with Crippen LogP contribution in [0.1, 0.15) is 19.8 Å². The van der Waals surface area contributed by atoms with Crippen molar-refractivity contribution in [2.75, 3.05) is 11.9 Å². The lowest BCUT2D eigenvalue weighted by Gasteiger charge is -2.24. The van der Waals surface area contributed by atoms with Crippen LogP contribution >= 0.6 is 0 Å². The maximum atomic E-state index is 12.7. The van der Waals surface area contributed by atoms with Crippen molar-refractivity contribution in [3.8, 4) is 5.75 Å². The Labute approximate surface area is 129 Å². The summed E-state index contributed by atoms with van der Waals surface area (Å²) in [5.41, 5.74) is 0.667. The molecule has 2 aliphatic carbocycles. The highest BCUT2D eigenvalue weighted by atomic mass is 16.6. The van der Waals surface area contributed by atoms with E-state index in [1.165, 1.54) is 0 Å². The molecule has 1 saturated heterocycles. The quantitative estimate of drug-likeness (QED) is 0.866. The molecule has 3 fully saturated rings. The zero-order chi connectivity index (χ0) is 15.3. The number of hydrogen-bond acceptors (Lipinski definition) is 4. The Morgan fingerprint density at radius 1 is 1.36 bits per heavy atom. The van der Waals surface area contributed by atoms with Gasteiger partial charge in [0, 0.05) is 5.92 Å². The normalized spacial score (nSPS) is 34.6. The van der Waals surface area contributed by atoms with Gasteiger partial charge >= 0.3 is 5.97 Å². The van der Waals surface area contributed by atoms with Gasteiger partial charge in [-0.1, -0.05) is 12.1 Å². The Morgan fingerprint density at radius 3 is 3.00 bits per heavy atom. The van der Waals surface area contributed by atoms with E-state index in [4.69, 9.17) is 9.47 Å². The van der Waals surface area contributed by atoms with Crippen molar-refractivity contribution in [1.29, 1.82) is 0 Å². The minimum atomic E-state index is -0.258. The van der Waals surface area contributed by atoms with Crippen molar-refractivity contribution in [3.63, 3.8) is 0 Å².